The van der Waals surface area contributed by atoms with Gasteiger partial charge in [0, 0.05) is 16.8 Å². The van der Waals surface area contributed by atoms with Crippen molar-refractivity contribution < 1.29 is 23.5 Å². The van der Waals surface area contributed by atoms with Crippen molar-refractivity contribution >= 4 is 39.3 Å². The molecule has 32 heavy (non-hydrogen) atoms. The average molecular weight is 452 g/mol. The van der Waals surface area contributed by atoms with Crippen molar-refractivity contribution in [1.82, 2.24) is 4.90 Å². The molecular weight excluding hydrogens is 432 g/mol. The molecule has 0 spiro atoms. The smallest absolute Gasteiger partial charge is 0.410 e. The van der Waals surface area contributed by atoms with Crippen molar-refractivity contribution in [3.05, 3.63) is 51.4 Å². The summed E-state index contributed by atoms with van der Waals surface area (Å²) in [6.45, 7) is 2.73. The number of primary amides is 1. The highest BCUT2D eigenvalue weighted by molar-refractivity contribution is 7.16. The number of hydrogen-bond donors (Lipinski definition) is 1. The van der Waals surface area contributed by atoms with Crippen molar-refractivity contribution in [2.45, 2.75) is 19.9 Å². The van der Waals surface area contributed by atoms with Crippen LogP contribution in [-0.2, 0) is 17.7 Å². The van der Waals surface area contributed by atoms with Crippen LogP contribution in [0.2, 0.25) is 0 Å². The standard InChI is InChI=1S/C22H20N4O5S/c1-3-30-22(28)26-8-7-14-16(11-26)32-21(17(14)19(24)27)25-20-13(10-23)9-12-5-4-6-15(29-2)18(12)31-20/h4-6,9H,3,7-8,11H2,1-2H3,(H2,24,27)/b25-20-. The molecule has 0 saturated carbocycles. The molecule has 2 aromatic heterocycles. The zero-order valence-electron chi connectivity index (χ0n) is 17.5. The van der Waals surface area contributed by atoms with Crippen LogP contribution in [0.3, 0.4) is 0 Å². The third-order valence-corrected chi connectivity index (χ3v) is 6.20. The van der Waals surface area contributed by atoms with Crippen LogP contribution >= 0.6 is 11.3 Å². The van der Waals surface area contributed by atoms with Crippen LogP contribution in [0.5, 0.6) is 5.75 Å². The molecule has 1 aromatic carbocycles. The second-order valence-corrected chi connectivity index (χ2v) is 8.07. The number of carbonyl (C=O) groups excluding carboxylic acids is 2. The maximum atomic E-state index is 12.3. The average Bonchev–Trinajstić information content (AvgIpc) is 3.15. The van der Waals surface area contributed by atoms with Gasteiger partial charge >= 0.3 is 6.09 Å². The summed E-state index contributed by atoms with van der Waals surface area (Å²) in [5.74, 6) is -0.128. The SMILES string of the molecule is CCOC(=O)N1CCc2c(sc(/N=c3\oc4c(OC)cccc4cc3C#N)c2C(N)=O)C1. The Morgan fingerprint density at radius 1 is 1.41 bits per heavy atom. The highest BCUT2D eigenvalue weighted by Crippen LogP contribution is 2.38. The second kappa shape index (κ2) is 8.72. The number of ether oxygens (including phenoxy) is 2. The molecule has 3 heterocycles. The minimum Gasteiger partial charge on any atom is -0.493 e. The molecule has 10 heteroatoms. The summed E-state index contributed by atoms with van der Waals surface area (Å²) >= 11 is 1.24. The van der Waals surface area contributed by atoms with Gasteiger partial charge in [-0.05, 0) is 31.0 Å². The fourth-order valence-electron chi connectivity index (χ4n) is 3.63. The number of fused-ring (bicyclic) bond motifs is 2. The predicted molar refractivity (Wildman–Crippen MR) is 117 cm³/mol. The van der Waals surface area contributed by atoms with Crippen LogP contribution in [0.25, 0.3) is 11.0 Å². The summed E-state index contributed by atoms with van der Waals surface area (Å²) in [7, 11) is 1.52. The summed E-state index contributed by atoms with van der Waals surface area (Å²) in [6.07, 6.45) is 0.0423. The highest BCUT2D eigenvalue weighted by Gasteiger charge is 2.29. The Labute approximate surface area is 187 Å². The zero-order valence-corrected chi connectivity index (χ0v) is 18.3. The lowest BCUT2D eigenvalue weighted by atomic mass is 10.0. The molecule has 0 radical (unpaired) electrons. The van der Waals surface area contributed by atoms with Crippen LogP contribution < -0.4 is 16.0 Å². The maximum absolute atomic E-state index is 12.3. The first kappa shape index (κ1) is 21.4. The zero-order chi connectivity index (χ0) is 22.8. The quantitative estimate of drug-likeness (QED) is 0.647. The van der Waals surface area contributed by atoms with Crippen LogP contribution in [0.1, 0.15) is 33.3 Å². The Kier molecular flexibility index (Phi) is 5.83. The number of benzene rings is 1. The lowest BCUT2D eigenvalue weighted by Crippen LogP contribution is -2.36. The maximum Gasteiger partial charge on any atom is 0.410 e. The van der Waals surface area contributed by atoms with Crippen LogP contribution in [0, 0.1) is 11.3 Å². The van der Waals surface area contributed by atoms with E-state index in [9.17, 15) is 14.9 Å². The number of amides is 2. The molecule has 1 aliphatic heterocycles. The lowest BCUT2D eigenvalue weighted by molar-refractivity contribution is 0.0997. The molecule has 3 aromatic rings. The molecule has 0 aliphatic carbocycles. The van der Waals surface area contributed by atoms with Crippen molar-refractivity contribution in [2.75, 3.05) is 20.3 Å². The fraction of sp³-hybridized carbons (Fsp3) is 0.273. The van der Waals surface area contributed by atoms with Gasteiger partial charge in [-0.25, -0.2) is 9.79 Å². The molecule has 4 rings (SSSR count). The highest BCUT2D eigenvalue weighted by atomic mass is 32.1. The molecule has 0 fully saturated rings. The number of methoxy groups -OCH3 is 1. The number of para-hydroxylation sites is 1. The molecule has 0 atom stereocenters. The van der Waals surface area contributed by atoms with Gasteiger partial charge < -0.3 is 24.5 Å². The van der Waals surface area contributed by atoms with Crippen molar-refractivity contribution in [3.63, 3.8) is 0 Å². The first-order valence-corrected chi connectivity index (χ1v) is 10.7. The molecule has 2 amide bonds. The Hall–Kier alpha value is -3.84. The van der Waals surface area contributed by atoms with E-state index in [2.05, 4.69) is 11.1 Å². The van der Waals surface area contributed by atoms with Crippen molar-refractivity contribution in [2.24, 2.45) is 10.7 Å². The van der Waals surface area contributed by atoms with Crippen LogP contribution in [0.4, 0.5) is 9.80 Å². The number of nitriles is 1. The molecule has 1 aliphatic rings. The Balaban J connectivity index is 1.86. The predicted octanol–water partition coefficient (Wildman–Crippen LogP) is 3.22. The van der Waals surface area contributed by atoms with E-state index in [1.165, 1.54) is 18.4 Å². The van der Waals surface area contributed by atoms with Crippen molar-refractivity contribution in [1.29, 1.82) is 5.26 Å². The fourth-order valence-corrected chi connectivity index (χ4v) is 4.87. The van der Waals surface area contributed by atoms with Gasteiger partial charge in [0.05, 0.1) is 25.8 Å². The molecule has 0 saturated heterocycles. The number of thiophene rings is 1. The molecule has 0 unspecified atom stereocenters. The Bertz CT molecular complexity index is 1330. The van der Waals surface area contributed by atoms with Crippen molar-refractivity contribution in [3.8, 4) is 11.8 Å². The van der Waals surface area contributed by atoms with Gasteiger partial charge in [-0.3, -0.25) is 4.79 Å². The second-order valence-electron chi connectivity index (χ2n) is 6.99. The third-order valence-electron chi connectivity index (χ3n) is 5.09. The third kappa shape index (κ3) is 3.78. The van der Waals surface area contributed by atoms with Crippen LogP contribution in [0.15, 0.2) is 33.7 Å². The molecule has 0 bridgehead atoms. The minimum atomic E-state index is -0.622. The topological polar surface area (TPSA) is 131 Å². The van der Waals surface area contributed by atoms with E-state index in [0.717, 1.165) is 10.4 Å². The summed E-state index contributed by atoms with van der Waals surface area (Å²) < 4.78 is 16.4. The van der Waals surface area contributed by atoms with Gasteiger partial charge in [0.15, 0.2) is 11.3 Å². The van der Waals surface area contributed by atoms with Gasteiger partial charge in [0.1, 0.15) is 16.6 Å². The van der Waals surface area contributed by atoms with Gasteiger partial charge in [-0.1, -0.05) is 12.1 Å². The van der Waals surface area contributed by atoms with Gasteiger partial charge in [-0.15, -0.1) is 11.3 Å². The number of carbonyl (C=O) groups is 2. The normalized spacial score (nSPS) is 13.5. The lowest BCUT2D eigenvalue weighted by Gasteiger charge is -2.26. The largest absolute Gasteiger partial charge is 0.493 e. The van der Waals surface area contributed by atoms with E-state index in [0.29, 0.717) is 41.2 Å². The molecule has 9 nitrogen and oxygen atoms in total. The number of nitrogens with zero attached hydrogens (tertiary/aromatic N) is 3. The van der Waals surface area contributed by atoms with Gasteiger partial charge in [0.25, 0.3) is 5.91 Å². The van der Waals surface area contributed by atoms with E-state index in [4.69, 9.17) is 19.6 Å². The van der Waals surface area contributed by atoms with Gasteiger partial charge in [-0.2, -0.15) is 5.26 Å². The van der Waals surface area contributed by atoms with E-state index in [-0.39, 0.29) is 23.3 Å². The summed E-state index contributed by atoms with van der Waals surface area (Å²) in [4.78, 5) is 31.3. The molecular formula is C22H20N4O5S. The van der Waals surface area contributed by atoms with E-state index in [1.54, 1.807) is 36.1 Å². The van der Waals surface area contributed by atoms with E-state index < -0.39 is 12.0 Å². The Morgan fingerprint density at radius 2 is 2.22 bits per heavy atom. The molecule has 2 N–H and O–H groups in total. The monoisotopic (exact) mass is 452 g/mol. The number of nitrogens with two attached hydrogens (primary N) is 1. The van der Waals surface area contributed by atoms with E-state index in [1.807, 2.05) is 0 Å². The first-order valence-electron chi connectivity index (χ1n) is 9.88. The van der Waals surface area contributed by atoms with Gasteiger partial charge in [0.2, 0.25) is 5.55 Å². The summed E-state index contributed by atoms with van der Waals surface area (Å²) in [6, 6.07) is 9.07. The molecule has 164 valence electrons. The first-order chi connectivity index (χ1) is 15.5. The number of rotatable bonds is 4. The van der Waals surface area contributed by atoms with E-state index >= 15 is 0 Å². The van der Waals surface area contributed by atoms with Crippen LogP contribution in [-0.4, -0.2) is 37.2 Å². The number of hydrogen-bond acceptors (Lipinski definition) is 8. The minimum absolute atomic E-state index is 0.0489. The summed E-state index contributed by atoms with van der Waals surface area (Å²) in [5, 5.41) is 10.6. The Morgan fingerprint density at radius 3 is 2.91 bits per heavy atom. The summed E-state index contributed by atoms with van der Waals surface area (Å²) in [5.41, 5.74) is 7.41.